The van der Waals surface area contributed by atoms with Crippen LogP contribution in [0.5, 0.6) is 11.5 Å². The van der Waals surface area contributed by atoms with Crippen molar-refractivity contribution in [2.24, 2.45) is 5.92 Å². The minimum atomic E-state index is -3.57. The van der Waals surface area contributed by atoms with E-state index < -0.39 is 10.0 Å². The number of rotatable bonds is 5. The summed E-state index contributed by atoms with van der Waals surface area (Å²) in [5.41, 5.74) is 0. The Hall–Kier alpha value is -0.540. The molecule has 23 heavy (non-hydrogen) atoms. The van der Waals surface area contributed by atoms with E-state index in [0.29, 0.717) is 41.6 Å². The summed E-state index contributed by atoms with van der Waals surface area (Å²) in [7, 11) is -3.57. The number of benzene rings is 1. The number of nitrogens with one attached hydrogen (secondary N) is 2. The third-order valence-electron chi connectivity index (χ3n) is 3.89. The summed E-state index contributed by atoms with van der Waals surface area (Å²) in [4.78, 5) is 0.182. The molecule has 0 aliphatic carbocycles. The van der Waals surface area contributed by atoms with Crippen molar-refractivity contribution >= 4 is 38.4 Å². The van der Waals surface area contributed by atoms with Crippen LogP contribution in [0.4, 0.5) is 0 Å². The van der Waals surface area contributed by atoms with Gasteiger partial charge in [0, 0.05) is 17.1 Å². The Kier molecular flexibility index (Phi) is 6.56. The number of halogens is 2. The van der Waals surface area contributed by atoms with E-state index in [1.54, 1.807) is 6.07 Å². The third-order valence-corrected chi connectivity index (χ3v) is 6.31. The molecule has 1 aromatic rings. The average Bonchev–Trinajstić information content (AvgIpc) is 2.99. The predicted molar refractivity (Wildman–Crippen MR) is 93.2 cm³/mol. The van der Waals surface area contributed by atoms with E-state index >= 15 is 0 Å². The molecule has 2 aliphatic rings. The van der Waals surface area contributed by atoms with E-state index in [4.69, 9.17) is 9.47 Å². The molecule has 2 heterocycles. The van der Waals surface area contributed by atoms with Gasteiger partial charge in [-0.2, -0.15) is 0 Å². The zero-order valence-electron chi connectivity index (χ0n) is 12.5. The molecule has 1 atom stereocenters. The Morgan fingerprint density at radius 1 is 1.26 bits per heavy atom. The van der Waals surface area contributed by atoms with Gasteiger partial charge in [0.25, 0.3) is 0 Å². The van der Waals surface area contributed by atoms with Crippen LogP contribution < -0.4 is 19.5 Å². The average molecular weight is 428 g/mol. The van der Waals surface area contributed by atoms with Crippen molar-refractivity contribution < 1.29 is 17.9 Å². The maximum absolute atomic E-state index is 12.5. The lowest BCUT2D eigenvalue weighted by Gasteiger charge is -2.20. The second kappa shape index (κ2) is 8.02. The predicted octanol–water partition coefficient (Wildman–Crippen LogP) is 1.92. The number of hydrogen-bond donors (Lipinski definition) is 2. The highest BCUT2D eigenvalue weighted by atomic mass is 79.9. The van der Waals surface area contributed by atoms with Crippen LogP contribution in [0.2, 0.25) is 0 Å². The van der Waals surface area contributed by atoms with E-state index in [-0.39, 0.29) is 17.3 Å². The molecule has 0 amide bonds. The van der Waals surface area contributed by atoms with Crippen LogP contribution in [0.1, 0.15) is 12.8 Å². The first-order valence-corrected chi connectivity index (χ1v) is 9.63. The number of fused-ring (bicyclic) bond motifs is 1. The first kappa shape index (κ1) is 18.8. The normalized spacial score (nSPS) is 20.1. The lowest BCUT2D eigenvalue weighted by molar-refractivity contribution is 0.171. The topological polar surface area (TPSA) is 76.7 Å². The van der Waals surface area contributed by atoms with Crippen molar-refractivity contribution in [2.75, 3.05) is 32.8 Å². The van der Waals surface area contributed by atoms with E-state index in [1.165, 1.54) is 6.07 Å². The van der Waals surface area contributed by atoms with Crippen molar-refractivity contribution in [1.82, 2.24) is 10.0 Å². The molecular formula is C14H20BrClN2O4S. The van der Waals surface area contributed by atoms with Gasteiger partial charge in [0.05, 0.1) is 0 Å². The van der Waals surface area contributed by atoms with Gasteiger partial charge >= 0.3 is 0 Å². The highest BCUT2D eigenvalue weighted by molar-refractivity contribution is 9.10. The fraction of sp³-hybridized carbons (Fsp3) is 0.571. The lowest BCUT2D eigenvalue weighted by atomic mass is 10.1. The van der Waals surface area contributed by atoms with E-state index in [9.17, 15) is 8.42 Å². The SMILES string of the molecule is Cl.O=S(=O)(NCCC1CCNC1)c1cc2c(cc1Br)OCCO2. The van der Waals surface area contributed by atoms with Gasteiger partial charge in [-0.05, 0) is 53.8 Å². The summed E-state index contributed by atoms with van der Waals surface area (Å²) in [5.74, 6) is 1.58. The Morgan fingerprint density at radius 2 is 1.96 bits per heavy atom. The summed E-state index contributed by atoms with van der Waals surface area (Å²) >= 11 is 3.30. The van der Waals surface area contributed by atoms with Crippen LogP contribution in [0, 0.1) is 5.92 Å². The van der Waals surface area contributed by atoms with Crippen LogP contribution in [0.15, 0.2) is 21.5 Å². The summed E-state index contributed by atoms with van der Waals surface area (Å²) < 4.78 is 39.0. The molecule has 1 aromatic carbocycles. The first-order valence-electron chi connectivity index (χ1n) is 7.36. The fourth-order valence-electron chi connectivity index (χ4n) is 2.69. The molecule has 2 aliphatic heterocycles. The smallest absolute Gasteiger partial charge is 0.241 e. The second-order valence-electron chi connectivity index (χ2n) is 5.47. The summed E-state index contributed by atoms with van der Waals surface area (Å²) in [6.07, 6.45) is 1.95. The fourth-order valence-corrected chi connectivity index (χ4v) is 4.77. The van der Waals surface area contributed by atoms with Gasteiger partial charge in [0.15, 0.2) is 11.5 Å². The van der Waals surface area contributed by atoms with Gasteiger partial charge in [-0.3, -0.25) is 0 Å². The second-order valence-corrected chi connectivity index (χ2v) is 8.06. The van der Waals surface area contributed by atoms with E-state index in [0.717, 1.165) is 25.9 Å². The maximum atomic E-state index is 12.5. The van der Waals surface area contributed by atoms with Gasteiger partial charge in [-0.25, -0.2) is 13.1 Å². The van der Waals surface area contributed by atoms with Crippen LogP contribution in [0.3, 0.4) is 0 Å². The van der Waals surface area contributed by atoms with Gasteiger partial charge in [-0.1, -0.05) is 0 Å². The van der Waals surface area contributed by atoms with Crippen LogP contribution in [0.25, 0.3) is 0 Å². The van der Waals surface area contributed by atoms with Crippen molar-refractivity contribution in [3.05, 3.63) is 16.6 Å². The summed E-state index contributed by atoms with van der Waals surface area (Å²) in [6.45, 7) is 3.32. The van der Waals surface area contributed by atoms with Crippen LogP contribution in [-0.4, -0.2) is 41.3 Å². The third kappa shape index (κ3) is 4.51. The molecule has 0 aromatic heterocycles. The van der Waals surface area contributed by atoms with E-state index in [2.05, 4.69) is 26.0 Å². The zero-order valence-corrected chi connectivity index (χ0v) is 15.7. The monoisotopic (exact) mass is 426 g/mol. The number of sulfonamides is 1. The number of ether oxygens (including phenoxy) is 2. The minimum absolute atomic E-state index is 0. The van der Waals surface area contributed by atoms with Gasteiger partial charge in [0.2, 0.25) is 10.0 Å². The van der Waals surface area contributed by atoms with E-state index in [1.807, 2.05) is 0 Å². The maximum Gasteiger partial charge on any atom is 0.241 e. The molecular weight excluding hydrogens is 408 g/mol. The molecule has 6 nitrogen and oxygen atoms in total. The Labute approximate surface area is 150 Å². The van der Waals surface area contributed by atoms with Crippen molar-refractivity contribution in [3.63, 3.8) is 0 Å². The summed E-state index contributed by atoms with van der Waals surface area (Å²) in [6, 6.07) is 3.15. The highest BCUT2D eigenvalue weighted by Gasteiger charge is 2.23. The van der Waals surface area contributed by atoms with Crippen LogP contribution >= 0.6 is 28.3 Å². The molecule has 0 bridgehead atoms. The first-order chi connectivity index (χ1) is 10.6. The molecule has 0 radical (unpaired) electrons. The van der Waals surface area contributed by atoms with Gasteiger partial charge in [-0.15, -0.1) is 12.4 Å². The zero-order chi connectivity index (χ0) is 15.6. The lowest BCUT2D eigenvalue weighted by Crippen LogP contribution is -2.27. The van der Waals surface area contributed by atoms with Gasteiger partial charge < -0.3 is 14.8 Å². The quantitative estimate of drug-likeness (QED) is 0.751. The van der Waals surface area contributed by atoms with Gasteiger partial charge in [0.1, 0.15) is 18.1 Å². The molecule has 1 fully saturated rings. The summed E-state index contributed by atoms with van der Waals surface area (Å²) in [5, 5.41) is 3.28. The molecule has 1 saturated heterocycles. The molecule has 9 heteroatoms. The Bertz CT molecular complexity index is 650. The molecule has 3 rings (SSSR count). The highest BCUT2D eigenvalue weighted by Crippen LogP contribution is 2.37. The molecule has 1 unspecified atom stereocenters. The van der Waals surface area contributed by atoms with Crippen LogP contribution in [-0.2, 0) is 10.0 Å². The largest absolute Gasteiger partial charge is 0.486 e. The number of hydrogen-bond acceptors (Lipinski definition) is 5. The Balaban J connectivity index is 0.00000192. The van der Waals surface area contributed by atoms with Crippen molar-refractivity contribution in [3.8, 4) is 11.5 Å². The minimum Gasteiger partial charge on any atom is -0.486 e. The van der Waals surface area contributed by atoms with Crippen molar-refractivity contribution in [2.45, 2.75) is 17.7 Å². The Morgan fingerprint density at radius 3 is 2.61 bits per heavy atom. The standard InChI is InChI=1S/C14H19BrN2O4S.ClH/c15-11-7-12-13(21-6-5-20-12)8-14(11)22(18,19)17-4-2-10-1-3-16-9-10;/h7-8,10,16-17H,1-6,9H2;1H. The van der Waals surface area contributed by atoms with Crippen molar-refractivity contribution in [1.29, 1.82) is 0 Å². The molecule has 130 valence electrons. The molecule has 0 spiro atoms. The molecule has 0 saturated carbocycles. The molecule has 2 N–H and O–H groups in total.